The number of rotatable bonds is 3. The molecule has 2 heteroatoms. The molecule has 0 aromatic heterocycles. The number of fused-ring (bicyclic) bond motifs is 1. The maximum Gasteiger partial charge on any atom is 0.0589 e. The van der Waals surface area contributed by atoms with Gasteiger partial charge in [-0.25, -0.2) is 0 Å². The third kappa shape index (κ3) is 1.24. The van der Waals surface area contributed by atoms with Gasteiger partial charge >= 0.3 is 0 Å². The molecule has 0 aromatic rings. The van der Waals surface area contributed by atoms with Gasteiger partial charge in [-0.2, -0.15) is 0 Å². The summed E-state index contributed by atoms with van der Waals surface area (Å²) in [5.41, 5.74) is 0. The quantitative estimate of drug-likeness (QED) is 0.563. The van der Waals surface area contributed by atoms with Gasteiger partial charge in [-0.1, -0.05) is 0 Å². The number of hydrogen-bond acceptors (Lipinski definition) is 2. The highest BCUT2D eigenvalue weighted by Crippen LogP contribution is 2.50. The first-order chi connectivity index (χ1) is 5.86. The molecule has 0 aromatic carbocycles. The van der Waals surface area contributed by atoms with Gasteiger partial charge in [0.2, 0.25) is 0 Å². The standard InChI is InChI=1S/C10H15NO/c1-3-8-9-6-11(4-5-12-2)7-10(8)9/h1,8-10H,4-7H2,2H3/t8-,9-,10+. The van der Waals surface area contributed by atoms with Gasteiger partial charge in [0.15, 0.2) is 0 Å². The van der Waals surface area contributed by atoms with Crippen molar-refractivity contribution in [3.63, 3.8) is 0 Å². The lowest BCUT2D eigenvalue weighted by Gasteiger charge is -2.17. The summed E-state index contributed by atoms with van der Waals surface area (Å²) < 4.78 is 5.03. The van der Waals surface area contributed by atoms with Crippen LogP contribution in [-0.2, 0) is 4.74 Å². The minimum atomic E-state index is 0.601. The van der Waals surface area contributed by atoms with Crippen LogP contribution in [0.1, 0.15) is 0 Å². The number of ether oxygens (including phenoxy) is 1. The van der Waals surface area contributed by atoms with Crippen LogP contribution in [0, 0.1) is 30.1 Å². The number of terminal acetylenes is 1. The molecule has 1 aliphatic carbocycles. The van der Waals surface area contributed by atoms with E-state index in [1.54, 1.807) is 7.11 Å². The second-order valence-corrected chi connectivity index (χ2v) is 3.77. The molecule has 2 nitrogen and oxygen atoms in total. The molecular formula is C10H15NO. The highest BCUT2D eigenvalue weighted by molar-refractivity contribution is 5.17. The van der Waals surface area contributed by atoms with Gasteiger partial charge < -0.3 is 9.64 Å². The summed E-state index contributed by atoms with van der Waals surface area (Å²) >= 11 is 0. The molecule has 1 saturated heterocycles. The molecule has 1 heterocycles. The third-order valence-electron chi connectivity index (χ3n) is 3.07. The van der Waals surface area contributed by atoms with Crippen LogP contribution in [0.5, 0.6) is 0 Å². The van der Waals surface area contributed by atoms with E-state index in [1.165, 1.54) is 13.1 Å². The molecule has 1 saturated carbocycles. The van der Waals surface area contributed by atoms with E-state index in [1.807, 2.05) is 0 Å². The van der Waals surface area contributed by atoms with Gasteiger partial charge in [0.05, 0.1) is 6.61 Å². The fraction of sp³-hybridized carbons (Fsp3) is 0.800. The van der Waals surface area contributed by atoms with Crippen LogP contribution in [-0.4, -0.2) is 38.3 Å². The lowest BCUT2D eigenvalue weighted by molar-refractivity contribution is 0.153. The highest BCUT2D eigenvalue weighted by atomic mass is 16.5. The van der Waals surface area contributed by atoms with Gasteiger partial charge in [-0.3, -0.25) is 0 Å². The molecule has 1 aliphatic heterocycles. The van der Waals surface area contributed by atoms with Crippen LogP contribution in [0.2, 0.25) is 0 Å². The Hall–Kier alpha value is -0.520. The molecule has 0 N–H and O–H groups in total. The van der Waals surface area contributed by atoms with Crippen LogP contribution in [0.4, 0.5) is 0 Å². The Morgan fingerprint density at radius 1 is 1.50 bits per heavy atom. The Balaban J connectivity index is 1.72. The number of likely N-dealkylation sites (tertiary alicyclic amines) is 1. The summed E-state index contributed by atoms with van der Waals surface area (Å²) in [6.07, 6.45) is 5.38. The van der Waals surface area contributed by atoms with Crippen LogP contribution >= 0.6 is 0 Å². The predicted molar refractivity (Wildman–Crippen MR) is 47.6 cm³/mol. The predicted octanol–water partition coefficient (Wildman–Crippen LogP) is 0.444. The van der Waals surface area contributed by atoms with Gasteiger partial charge in [-0.15, -0.1) is 12.3 Å². The molecule has 12 heavy (non-hydrogen) atoms. The molecule has 2 aliphatic rings. The summed E-state index contributed by atoms with van der Waals surface area (Å²) in [6.45, 7) is 4.31. The fourth-order valence-electron chi connectivity index (χ4n) is 2.26. The first-order valence-electron chi connectivity index (χ1n) is 4.54. The SMILES string of the molecule is C#C[C@@H]1[C@H]2CN(CCOC)C[C@@H]12. The molecule has 0 unspecified atom stereocenters. The molecule has 2 fully saturated rings. The average Bonchev–Trinajstić information content (AvgIpc) is 2.56. The summed E-state index contributed by atoms with van der Waals surface area (Å²) in [6, 6.07) is 0. The van der Waals surface area contributed by atoms with E-state index in [4.69, 9.17) is 11.2 Å². The summed E-state index contributed by atoms with van der Waals surface area (Å²) in [5, 5.41) is 0. The Morgan fingerprint density at radius 3 is 2.67 bits per heavy atom. The first kappa shape index (κ1) is 8.10. The maximum absolute atomic E-state index is 5.38. The topological polar surface area (TPSA) is 12.5 Å². The van der Waals surface area contributed by atoms with Crippen LogP contribution in [0.15, 0.2) is 0 Å². The number of piperidine rings is 1. The Kier molecular flexibility index (Phi) is 2.08. The zero-order valence-corrected chi connectivity index (χ0v) is 7.49. The van der Waals surface area contributed by atoms with E-state index < -0.39 is 0 Å². The van der Waals surface area contributed by atoms with E-state index in [0.29, 0.717) is 5.92 Å². The number of hydrogen-bond donors (Lipinski definition) is 0. The Labute approximate surface area is 73.9 Å². The molecule has 0 bridgehead atoms. The lowest BCUT2D eigenvalue weighted by atomic mass is 10.3. The van der Waals surface area contributed by atoms with Gasteiger partial charge in [0, 0.05) is 32.7 Å². The van der Waals surface area contributed by atoms with Crippen LogP contribution in [0.25, 0.3) is 0 Å². The van der Waals surface area contributed by atoms with Crippen molar-refractivity contribution in [3.05, 3.63) is 0 Å². The zero-order valence-electron chi connectivity index (χ0n) is 7.49. The second-order valence-electron chi connectivity index (χ2n) is 3.77. The van der Waals surface area contributed by atoms with E-state index in [9.17, 15) is 0 Å². The van der Waals surface area contributed by atoms with Gasteiger partial charge in [0.1, 0.15) is 0 Å². The molecule has 2 rings (SSSR count). The lowest BCUT2D eigenvalue weighted by Crippen LogP contribution is -2.27. The van der Waals surface area contributed by atoms with Gasteiger partial charge in [0.25, 0.3) is 0 Å². The van der Waals surface area contributed by atoms with Gasteiger partial charge in [-0.05, 0) is 11.8 Å². The largest absolute Gasteiger partial charge is 0.383 e. The maximum atomic E-state index is 5.38. The monoisotopic (exact) mass is 165 g/mol. The molecule has 3 atom stereocenters. The molecule has 0 spiro atoms. The normalized spacial score (nSPS) is 39.2. The van der Waals surface area contributed by atoms with Crippen molar-refractivity contribution in [2.24, 2.45) is 17.8 Å². The van der Waals surface area contributed by atoms with Crippen molar-refractivity contribution in [1.29, 1.82) is 0 Å². The van der Waals surface area contributed by atoms with E-state index >= 15 is 0 Å². The van der Waals surface area contributed by atoms with Crippen molar-refractivity contribution in [1.82, 2.24) is 4.90 Å². The van der Waals surface area contributed by atoms with Crippen LogP contribution in [0.3, 0.4) is 0 Å². The first-order valence-corrected chi connectivity index (χ1v) is 4.54. The van der Waals surface area contributed by atoms with E-state index in [-0.39, 0.29) is 0 Å². The minimum Gasteiger partial charge on any atom is -0.383 e. The van der Waals surface area contributed by atoms with Crippen molar-refractivity contribution < 1.29 is 4.74 Å². The Bertz CT molecular complexity index is 196. The van der Waals surface area contributed by atoms with Crippen molar-refractivity contribution >= 4 is 0 Å². The fourth-order valence-corrected chi connectivity index (χ4v) is 2.26. The molecule has 0 amide bonds. The molecule has 0 radical (unpaired) electrons. The van der Waals surface area contributed by atoms with E-state index in [0.717, 1.165) is 25.0 Å². The summed E-state index contributed by atoms with van der Waals surface area (Å²) in [7, 11) is 1.75. The summed E-state index contributed by atoms with van der Waals surface area (Å²) in [4.78, 5) is 2.45. The van der Waals surface area contributed by atoms with Crippen molar-refractivity contribution in [3.8, 4) is 12.3 Å². The van der Waals surface area contributed by atoms with Crippen molar-refractivity contribution in [2.45, 2.75) is 0 Å². The highest BCUT2D eigenvalue weighted by Gasteiger charge is 2.54. The van der Waals surface area contributed by atoms with Crippen LogP contribution < -0.4 is 0 Å². The number of methoxy groups -OCH3 is 1. The second kappa shape index (κ2) is 3.08. The third-order valence-corrected chi connectivity index (χ3v) is 3.07. The van der Waals surface area contributed by atoms with E-state index in [2.05, 4.69) is 10.8 Å². The molecule has 66 valence electrons. The average molecular weight is 165 g/mol. The summed E-state index contributed by atoms with van der Waals surface area (Å²) in [5.74, 6) is 5.08. The smallest absolute Gasteiger partial charge is 0.0589 e. The molecular weight excluding hydrogens is 150 g/mol. The number of nitrogens with zero attached hydrogens (tertiary/aromatic N) is 1. The zero-order chi connectivity index (χ0) is 8.55. The minimum absolute atomic E-state index is 0.601. The van der Waals surface area contributed by atoms with Crippen molar-refractivity contribution in [2.75, 3.05) is 33.4 Å². The Morgan fingerprint density at radius 2 is 2.17 bits per heavy atom.